The Bertz CT molecular complexity index is 93.3. The van der Waals surface area contributed by atoms with Gasteiger partial charge in [0.05, 0.1) is 0 Å². The van der Waals surface area contributed by atoms with Gasteiger partial charge in [-0.3, -0.25) is 0 Å². The van der Waals surface area contributed by atoms with Crippen molar-refractivity contribution in [3.05, 3.63) is 0 Å². The lowest BCUT2D eigenvalue weighted by atomic mass is 11.0. The maximum Gasteiger partial charge on any atom is 0.436 e. The third-order valence-corrected chi connectivity index (χ3v) is 2.26. The second kappa shape index (κ2) is 4.22. The number of nitrogens with zero attached hydrogens (tertiary/aromatic N) is 1. The first-order chi connectivity index (χ1) is 3.66. The molecule has 0 spiro atoms. The first-order valence-electron chi connectivity index (χ1n) is 1.93. The molecule has 0 aromatic carbocycles. The monoisotopic (exact) mass is 162 g/mol. The summed E-state index contributed by atoms with van der Waals surface area (Å²) in [5.74, 6) is 0. The lowest BCUT2D eigenvalue weighted by Crippen LogP contribution is -1.53. The fourth-order valence-corrected chi connectivity index (χ4v) is 1.23. The molecule has 1 nitrogen and oxygen atoms in total. The van der Waals surface area contributed by atoms with E-state index in [1.54, 1.807) is 0 Å². The SMILES string of the molecule is CC[P+](F)=NP(F)F. The molecule has 0 fully saturated rings. The second-order valence-electron chi connectivity index (χ2n) is 0.957. The Balaban J connectivity index is 3.56. The average molecular weight is 162 g/mol. The van der Waals surface area contributed by atoms with Crippen LogP contribution in [0.15, 0.2) is 4.52 Å². The number of halogens is 3. The van der Waals surface area contributed by atoms with Crippen molar-refractivity contribution in [1.82, 2.24) is 0 Å². The highest BCUT2D eigenvalue weighted by Crippen LogP contribution is 2.48. The van der Waals surface area contributed by atoms with Crippen LogP contribution in [0.3, 0.4) is 0 Å². The molecular formula is C2H5F3NP2+. The minimum atomic E-state index is -3.37. The summed E-state index contributed by atoms with van der Waals surface area (Å²) in [6.45, 7) is 1.49. The van der Waals surface area contributed by atoms with E-state index in [9.17, 15) is 12.6 Å². The smallest absolute Gasteiger partial charge is 0.157 e. The van der Waals surface area contributed by atoms with Crippen LogP contribution < -0.4 is 0 Å². The van der Waals surface area contributed by atoms with Gasteiger partial charge >= 0.3 is 16.7 Å². The molecular weight excluding hydrogens is 157 g/mol. The largest absolute Gasteiger partial charge is 0.436 e. The van der Waals surface area contributed by atoms with Crippen molar-refractivity contribution in [2.45, 2.75) is 6.92 Å². The molecule has 6 heteroatoms. The highest BCUT2D eigenvalue weighted by molar-refractivity contribution is 7.55. The molecule has 0 aromatic heterocycles. The van der Waals surface area contributed by atoms with Crippen LogP contribution in [-0.4, -0.2) is 6.16 Å². The molecule has 0 rings (SSSR count). The van der Waals surface area contributed by atoms with Gasteiger partial charge in [0.15, 0.2) is 6.16 Å². The van der Waals surface area contributed by atoms with E-state index >= 15 is 0 Å². The van der Waals surface area contributed by atoms with Crippen molar-refractivity contribution in [1.29, 1.82) is 0 Å². The first-order valence-corrected chi connectivity index (χ1v) is 4.38. The van der Waals surface area contributed by atoms with Crippen molar-refractivity contribution >= 4 is 16.7 Å². The van der Waals surface area contributed by atoms with E-state index in [4.69, 9.17) is 0 Å². The van der Waals surface area contributed by atoms with Crippen molar-refractivity contribution in [2.75, 3.05) is 6.16 Å². The molecule has 1 atom stereocenters. The van der Waals surface area contributed by atoms with Gasteiger partial charge in [0.1, 0.15) is 0 Å². The van der Waals surface area contributed by atoms with Crippen LogP contribution >= 0.6 is 16.7 Å². The molecule has 0 heterocycles. The highest BCUT2D eigenvalue weighted by Gasteiger charge is 2.14. The molecule has 0 bridgehead atoms. The van der Waals surface area contributed by atoms with Gasteiger partial charge in [0, 0.05) is 8.71 Å². The van der Waals surface area contributed by atoms with Crippen LogP contribution in [0.1, 0.15) is 6.92 Å². The third kappa shape index (κ3) is 4.48. The molecule has 0 amide bonds. The van der Waals surface area contributed by atoms with Crippen LogP contribution in [0.4, 0.5) is 12.6 Å². The third-order valence-electron chi connectivity index (χ3n) is 0.426. The van der Waals surface area contributed by atoms with E-state index < -0.39 is 16.7 Å². The van der Waals surface area contributed by atoms with Gasteiger partial charge in [-0.15, -0.1) is 0 Å². The lowest BCUT2D eigenvalue weighted by Gasteiger charge is -1.72. The average Bonchev–Trinajstić information content (AvgIpc) is 1.65. The van der Waals surface area contributed by atoms with E-state index in [0.29, 0.717) is 0 Å². The van der Waals surface area contributed by atoms with Crippen molar-refractivity contribution in [3.8, 4) is 0 Å². The normalized spacial score (nSPS) is 12.9. The fraction of sp³-hybridized carbons (Fsp3) is 1.00. The van der Waals surface area contributed by atoms with Gasteiger partial charge in [-0.25, -0.2) is 0 Å². The summed E-state index contributed by atoms with van der Waals surface area (Å²) >= 11 is 0. The standard InChI is InChI=1S/C2H5F3NP2/c1-2-7(3)6-8(4)5/h2H2,1H3/q+1. The van der Waals surface area contributed by atoms with E-state index in [0.717, 1.165) is 0 Å². The maximum atomic E-state index is 11.8. The first kappa shape index (κ1) is 8.32. The molecule has 0 aliphatic heterocycles. The quantitative estimate of drug-likeness (QED) is 0.548. The summed E-state index contributed by atoms with van der Waals surface area (Å²) in [6, 6.07) is 0. The topological polar surface area (TPSA) is 12.4 Å². The second-order valence-corrected chi connectivity index (χ2v) is 3.41. The van der Waals surface area contributed by atoms with Crippen molar-refractivity contribution in [2.24, 2.45) is 4.52 Å². The molecule has 48 valence electrons. The zero-order valence-electron chi connectivity index (χ0n) is 4.18. The fourth-order valence-electron chi connectivity index (χ4n) is 0.137. The minimum absolute atomic E-state index is 0.0992. The molecule has 0 aromatic rings. The molecule has 0 saturated carbocycles. The van der Waals surface area contributed by atoms with E-state index in [-0.39, 0.29) is 6.16 Å². The van der Waals surface area contributed by atoms with Crippen LogP contribution in [0.5, 0.6) is 0 Å². The predicted octanol–water partition coefficient (Wildman–Crippen LogP) is 3.72. The van der Waals surface area contributed by atoms with Crippen LogP contribution in [-0.2, 0) is 0 Å². The summed E-state index contributed by atoms with van der Waals surface area (Å²) < 4.78 is 36.6. The van der Waals surface area contributed by atoms with Crippen LogP contribution in [0, 0.1) is 0 Å². The van der Waals surface area contributed by atoms with Crippen molar-refractivity contribution in [3.63, 3.8) is 0 Å². The molecule has 0 saturated heterocycles. The molecule has 1 unspecified atom stereocenters. The Morgan fingerprint density at radius 3 is 2.25 bits per heavy atom. The molecule has 0 aliphatic carbocycles. The van der Waals surface area contributed by atoms with Gasteiger partial charge in [-0.2, -0.15) is 8.39 Å². The molecule has 0 N–H and O–H groups in total. The van der Waals surface area contributed by atoms with E-state index in [1.807, 2.05) is 0 Å². The summed E-state index contributed by atoms with van der Waals surface area (Å²) in [5, 5.41) is 0. The zero-order chi connectivity index (χ0) is 6.57. The van der Waals surface area contributed by atoms with Gasteiger partial charge in [0.2, 0.25) is 0 Å². The molecule has 8 heavy (non-hydrogen) atoms. The lowest BCUT2D eigenvalue weighted by molar-refractivity contribution is 0.746. The maximum absolute atomic E-state index is 11.8. The van der Waals surface area contributed by atoms with E-state index in [1.165, 1.54) is 6.92 Å². The van der Waals surface area contributed by atoms with Crippen LogP contribution in [0.2, 0.25) is 0 Å². The Hall–Kier alpha value is 0.320. The summed E-state index contributed by atoms with van der Waals surface area (Å²) in [4.78, 5) is 0. The zero-order valence-corrected chi connectivity index (χ0v) is 5.97. The summed E-state index contributed by atoms with van der Waals surface area (Å²) in [7, 11) is -5.58. The Morgan fingerprint density at radius 1 is 1.62 bits per heavy atom. The van der Waals surface area contributed by atoms with Gasteiger partial charge < -0.3 is 0 Å². The highest BCUT2D eigenvalue weighted by atomic mass is 31.2. The Labute approximate surface area is 47.9 Å². The van der Waals surface area contributed by atoms with Gasteiger partial charge in [0.25, 0.3) is 0 Å². The molecule has 0 aliphatic rings. The van der Waals surface area contributed by atoms with Crippen LogP contribution in [0.25, 0.3) is 0 Å². The number of hydrogen-bond donors (Lipinski definition) is 0. The Morgan fingerprint density at radius 2 is 2.12 bits per heavy atom. The van der Waals surface area contributed by atoms with Gasteiger partial charge in [-0.1, -0.05) is 0 Å². The number of rotatable bonds is 2. The number of hydrogen-bond acceptors (Lipinski definition) is 1. The minimum Gasteiger partial charge on any atom is -0.157 e. The van der Waals surface area contributed by atoms with E-state index in [2.05, 4.69) is 4.52 Å². The van der Waals surface area contributed by atoms with Gasteiger partial charge in [-0.05, 0) is 6.92 Å². The Kier molecular flexibility index (Phi) is 4.39. The predicted molar refractivity (Wildman–Crippen MR) is 30.1 cm³/mol. The van der Waals surface area contributed by atoms with Crippen molar-refractivity contribution < 1.29 is 12.6 Å². The summed E-state index contributed by atoms with van der Waals surface area (Å²) in [5.41, 5.74) is 0. The summed E-state index contributed by atoms with van der Waals surface area (Å²) in [6.07, 6.45) is 0.0992. The molecule has 0 radical (unpaired) electrons.